The standard InChI is InChI=1S/C26H32F3N5O3/c1-24(2,3)34-20(32-18-12-9-13-30-21(18)34)15-31-22(35)19(33-23(36)37-25(4,5)6)14-16-10-7-8-11-17(16)26(27,28)29/h7-13,19H,14-15H2,1-6H3,(H,31,35)(H,33,36). The van der Waals surface area contributed by atoms with E-state index in [1.807, 2.05) is 25.3 Å². The van der Waals surface area contributed by atoms with E-state index in [0.29, 0.717) is 17.0 Å². The van der Waals surface area contributed by atoms with Gasteiger partial charge in [-0.25, -0.2) is 14.8 Å². The third kappa shape index (κ3) is 7.21. The minimum atomic E-state index is -4.62. The van der Waals surface area contributed by atoms with Crippen molar-refractivity contribution < 1.29 is 27.5 Å². The molecule has 2 heterocycles. The fourth-order valence-electron chi connectivity index (χ4n) is 3.93. The summed E-state index contributed by atoms with van der Waals surface area (Å²) >= 11 is 0. The Hall–Kier alpha value is -3.63. The molecule has 200 valence electrons. The summed E-state index contributed by atoms with van der Waals surface area (Å²) in [7, 11) is 0. The predicted molar refractivity (Wildman–Crippen MR) is 133 cm³/mol. The molecule has 37 heavy (non-hydrogen) atoms. The van der Waals surface area contributed by atoms with Gasteiger partial charge in [0.25, 0.3) is 0 Å². The number of carbonyl (C=O) groups excluding carboxylic acids is 2. The molecule has 0 radical (unpaired) electrons. The van der Waals surface area contributed by atoms with Crippen molar-refractivity contribution in [3.8, 4) is 0 Å². The highest BCUT2D eigenvalue weighted by Gasteiger charge is 2.35. The van der Waals surface area contributed by atoms with E-state index in [1.54, 1.807) is 39.1 Å². The zero-order chi connectivity index (χ0) is 27.6. The van der Waals surface area contributed by atoms with Gasteiger partial charge in [0, 0.05) is 18.2 Å². The minimum absolute atomic E-state index is 0.0279. The van der Waals surface area contributed by atoms with Gasteiger partial charge in [-0.2, -0.15) is 13.2 Å². The fourth-order valence-corrected chi connectivity index (χ4v) is 3.93. The van der Waals surface area contributed by atoms with Gasteiger partial charge in [0.15, 0.2) is 5.65 Å². The highest BCUT2D eigenvalue weighted by atomic mass is 19.4. The number of benzene rings is 1. The summed E-state index contributed by atoms with van der Waals surface area (Å²) < 4.78 is 47.9. The summed E-state index contributed by atoms with van der Waals surface area (Å²) in [5.74, 6) is -0.162. The maximum absolute atomic E-state index is 13.6. The Bertz CT molecular complexity index is 1270. The molecule has 2 N–H and O–H groups in total. The third-order valence-electron chi connectivity index (χ3n) is 5.33. The summed E-state index contributed by atoms with van der Waals surface area (Å²) in [6.45, 7) is 10.8. The van der Waals surface area contributed by atoms with E-state index in [9.17, 15) is 22.8 Å². The number of alkyl carbamates (subject to hydrolysis) is 1. The molecule has 0 saturated carbocycles. The maximum Gasteiger partial charge on any atom is 0.416 e. The molecule has 0 bridgehead atoms. The van der Waals surface area contributed by atoms with Gasteiger partial charge in [0.2, 0.25) is 5.91 Å². The SMILES string of the molecule is CC(C)(C)OC(=O)NC(Cc1ccccc1C(F)(F)F)C(=O)NCc1nc2cccnc2n1C(C)(C)C. The highest BCUT2D eigenvalue weighted by Crippen LogP contribution is 2.32. The zero-order valence-electron chi connectivity index (χ0n) is 21.7. The van der Waals surface area contributed by atoms with Crippen molar-refractivity contribution in [1.29, 1.82) is 0 Å². The molecule has 2 amide bonds. The van der Waals surface area contributed by atoms with Crippen molar-refractivity contribution in [2.45, 2.75) is 77.9 Å². The first-order valence-corrected chi connectivity index (χ1v) is 11.8. The number of rotatable bonds is 6. The number of imidazole rings is 1. The summed E-state index contributed by atoms with van der Waals surface area (Å²) in [5, 5.41) is 5.15. The number of hydrogen-bond donors (Lipinski definition) is 2. The quantitative estimate of drug-likeness (QED) is 0.480. The Morgan fingerprint density at radius 2 is 1.70 bits per heavy atom. The number of pyridine rings is 1. The second-order valence-corrected chi connectivity index (χ2v) is 10.7. The molecule has 3 aromatic rings. The number of hydrogen-bond acceptors (Lipinski definition) is 5. The smallest absolute Gasteiger partial charge is 0.416 e. The molecule has 3 rings (SSSR count). The van der Waals surface area contributed by atoms with Gasteiger partial charge in [-0.1, -0.05) is 18.2 Å². The van der Waals surface area contributed by atoms with E-state index in [4.69, 9.17) is 4.74 Å². The molecular formula is C26H32F3N5O3. The van der Waals surface area contributed by atoms with Gasteiger partial charge >= 0.3 is 12.3 Å². The molecule has 0 aliphatic rings. The number of alkyl halides is 3. The van der Waals surface area contributed by atoms with Gasteiger partial charge in [-0.05, 0) is 65.3 Å². The number of aromatic nitrogens is 3. The number of fused-ring (bicyclic) bond motifs is 1. The Labute approximate surface area is 213 Å². The first kappa shape index (κ1) is 27.9. The normalized spacial score (nSPS) is 13.3. The van der Waals surface area contributed by atoms with Crippen LogP contribution in [0.5, 0.6) is 0 Å². The molecule has 0 aliphatic carbocycles. The molecule has 8 nitrogen and oxygen atoms in total. The van der Waals surface area contributed by atoms with Crippen molar-refractivity contribution >= 4 is 23.2 Å². The van der Waals surface area contributed by atoms with E-state index in [1.165, 1.54) is 18.2 Å². The molecule has 1 atom stereocenters. The Kier molecular flexibility index (Phi) is 7.85. The number of amides is 2. The molecule has 0 aliphatic heterocycles. The molecule has 11 heteroatoms. The second kappa shape index (κ2) is 10.4. The van der Waals surface area contributed by atoms with Crippen LogP contribution >= 0.6 is 0 Å². The van der Waals surface area contributed by atoms with E-state index >= 15 is 0 Å². The molecule has 2 aromatic heterocycles. The largest absolute Gasteiger partial charge is 0.444 e. The van der Waals surface area contributed by atoms with Gasteiger partial charge in [0.05, 0.1) is 12.1 Å². The lowest BCUT2D eigenvalue weighted by atomic mass is 9.99. The van der Waals surface area contributed by atoms with Crippen molar-refractivity contribution in [2.24, 2.45) is 0 Å². The second-order valence-electron chi connectivity index (χ2n) is 10.7. The van der Waals surface area contributed by atoms with Crippen LogP contribution in [0.4, 0.5) is 18.0 Å². The number of halogens is 3. The van der Waals surface area contributed by atoms with E-state index in [-0.39, 0.29) is 12.1 Å². The van der Waals surface area contributed by atoms with E-state index in [2.05, 4.69) is 20.6 Å². The summed E-state index contributed by atoms with van der Waals surface area (Å²) in [6.07, 6.45) is -4.28. The molecule has 1 unspecified atom stereocenters. The lowest BCUT2D eigenvalue weighted by Gasteiger charge is -2.25. The van der Waals surface area contributed by atoms with Crippen LogP contribution in [0.25, 0.3) is 11.2 Å². The van der Waals surface area contributed by atoms with Crippen LogP contribution in [-0.2, 0) is 34.2 Å². The van der Waals surface area contributed by atoms with Crippen molar-refractivity contribution in [3.05, 3.63) is 59.5 Å². The monoisotopic (exact) mass is 519 g/mol. The summed E-state index contributed by atoms with van der Waals surface area (Å²) in [6, 6.07) is 7.17. The molecule has 0 fully saturated rings. The maximum atomic E-state index is 13.6. The minimum Gasteiger partial charge on any atom is -0.444 e. The van der Waals surface area contributed by atoms with Crippen LogP contribution in [-0.4, -0.2) is 38.2 Å². The van der Waals surface area contributed by atoms with Crippen LogP contribution in [0.3, 0.4) is 0 Å². The Balaban J connectivity index is 1.89. The highest BCUT2D eigenvalue weighted by molar-refractivity contribution is 5.86. The Morgan fingerprint density at radius 3 is 2.32 bits per heavy atom. The molecule has 0 spiro atoms. The predicted octanol–water partition coefficient (Wildman–Crippen LogP) is 4.96. The fraction of sp³-hybridized carbons (Fsp3) is 0.462. The van der Waals surface area contributed by atoms with Crippen molar-refractivity contribution in [1.82, 2.24) is 25.2 Å². The Morgan fingerprint density at radius 1 is 1.03 bits per heavy atom. The van der Waals surface area contributed by atoms with Gasteiger partial charge in [-0.3, -0.25) is 4.79 Å². The van der Waals surface area contributed by atoms with E-state index < -0.39 is 47.3 Å². The lowest BCUT2D eigenvalue weighted by Crippen LogP contribution is -2.49. The van der Waals surface area contributed by atoms with Gasteiger partial charge in [0.1, 0.15) is 23.0 Å². The number of nitrogens with one attached hydrogen (secondary N) is 2. The van der Waals surface area contributed by atoms with Gasteiger partial charge in [-0.15, -0.1) is 0 Å². The topological polar surface area (TPSA) is 98.1 Å². The third-order valence-corrected chi connectivity index (χ3v) is 5.33. The van der Waals surface area contributed by atoms with Crippen molar-refractivity contribution in [2.75, 3.05) is 0 Å². The molecule has 0 saturated heterocycles. The number of ether oxygens (including phenoxy) is 1. The number of carbonyl (C=O) groups is 2. The summed E-state index contributed by atoms with van der Waals surface area (Å²) in [4.78, 5) is 34.7. The van der Waals surface area contributed by atoms with Crippen LogP contribution in [0, 0.1) is 0 Å². The molecule has 1 aromatic carbocycles. The first-order valence-electron chi connectivity index (χ1n) is 11.8. The number of nitrogens with zero attached hydrogens (tertiary/aromatic N) is 3. The van der Waals surface area contributed by atoms with Crippen LogP contribution < -0.4 is 10.6 Å². The average Bonchev–Trinajstić information content (AvgIpc) is 3.14. The lowest BCUT2D eigenvalue weighted by molar-refractivity contribution is -0.138. The summed E-state index contributed by atoms with van der Waals surface area (Å²) in [5.41, 5.74) is -0.995. The first-order chi connectivity index (χ1) is 17.1. The van der Waals surface area contributed by atoms with Crippen LogP contribution in [0.15, 0.2) is 42.6 Å². The van der Waals surface area contributed by atoms with Crippen molar-refractivity contribution in [3.63, 3.8) is 0 Å². The molecular weight excluding hydrogens is 487 g/mol. The average molecular weight is 520 g/mol. The van der Waals surface area contributed by atoms with Gasteiger partial charge < -0.3 is 19.9 Å². The van der Waals surface area contributed by atoms with E-state index in [0.717, 1.165) is 6.07 Å². The van der Waals surface area contributed by atoms with Crippen LogP contribution in [0.2, 0.25) is 0 Å². The zero-order valence-corrected chi connectivity index (χ0v) is 21.7. The van der Waals surface area contributed by atoms with Crippen LogP contribution in [0.1, 0.15) is 58.5 Å².